The number of rotatable bonds is 8. The number of nitrogens with one attached hydrogen (secondary N) is 1. The molecule has 0 bridgehead atoms. The minimum atomic E-state index is -0.271. The molecule has 1 aliphatic carbocycles. The monoisotopic (exact) mass is 278 g/mol. The molecule has 1 aliphatic heterocycles. The van der Waals surface area contributed by atoms with Crippen LogP contribution in [0.5, 0.6) is 0 Å². The van der Waals surface area contributed by atoms with Crippen LogP contribution in [0.25, 0.3) is 0 Å². The maximum absolute atomic E-state index is 9.52. The maximum atomic E-state index is 9.52. The van der Waals surface area contributed by atoms with Gasteiger partial charge in [-0.15, -0.1) is 0 Å². The maximum Gasteiger partial charge on any atom is 0.106 e. The summed E-state index contributed by atoms with van der Waals surface area (Å²) in [6, 6.07) is 3.17. The van der Waals surface area contributed by atoms with Crippen LogP contribution in [-0.2, 0) is 0 Å². The average Bonchev–Trinajstić information content (AvgIpc) is 3.31. The van der Waals surface area contributed by atoms with Gasteiger partial charge in [-0.2, -0.15) is 5.26 Å². The van der Waals surface area contributed by atoms with Gasteiger partial charge in [0.25, 0.3) is 0 Å². The summed E-state index contributed by atoms with van der Waals surface area (Å²) < 4.78 is 0. The molecule has 2 aliphatic rings. The van der Waals surface area contributed by atoms with E-state index in [4.69, 9.17) is 0 Å². The molecule has 0 aromatic rings. The molecular formula is C16H30N4. The van der Waals surface area contributed by atoms with E-state index in [0.717, 1.165) is 25.8 Å². The molecular weight excluding hydrogens is 248 g/mol. The van der Waals surface area contributed by atoms with Gasteiger partial charge in [-0.1, -0.05) is 13.8 Å². The number of likely N-dealkylation sites (N-methyl/N-ethyl adjacent to an activating group) is 1. The lowest BCUT2D eigenvalue weighted by atomic mass is 9.91. The first-order chi connectivity index (χ1) is 9.71. The normalized spacial score (nSPS) is 24.2. The van der Waals surface area contributed by atoms with Gasteiger partial charge in [0.15, 0.2) is 0 Å². The lowest BCUT2D eigenvalue weighted by Crippen LogP contribution is -2.48. The third kappa shape index (κ3) is 4.44. The van der Waals surface area contributed by atoms with Crippen LogP contribution in [0.1, 0.15) is 46.0 Å². The van der Waals surface area contributed by atoms with Gasteiger partial charge in [-0.3, -0.25) is 5.32 Å². The van der Waals surface area contributed by atoms with Gasteiger partial charge in [0.1, 0.15) is 5.54 Å². The molecule has 4 heteroatoms. The first-order valence-electron chi connectivity index (χ1n) is 8.35. The van der Waals surface area contributed by atoms with Crippen LogP contribution in [0.4, 0.5) is 0 Å². The number of nitrogens with zero attached hydrogens (tertiary/aromatic N) is 3. The molecule has 0 amide bonds. The quantitative estimate of drug-likeness (QED) is 0.735. The highest BCUT2D eigenvalue weighted by Crippen LogP contribution is 2.26. The van der Waals surface area contributed by atoms with Crippen molar-refractivity contribution < 1.29 is 0 Å². The number of hydrogen-bond donors (Lipinski definition) is 1. The molecule has 1 N–H and O–H groups in total. The van der Waals surface area contributed by atoms with Crippen LogP contribution in [0.15, 0.2) is 0 Å². The second kappa shape index (κ2) is 7.40. The summed E-state index contributed by atoms with van der Waals surface area (Å²) in [6.45, 7) is 11.5. The van der Waals surface area contributed by atoms with Crippen LogP contribution in [0, 0.1) is 11.3 Å². The Morgan fingerprint density at radius 2 is 1.80 bits per heavy atom. The van der Waals surface area contributed by atoms with E-state index in [0.29, 0.717) is 6.04 Å². The molecule has 2 rings (SSSR count). The van der Waals surface area contributed by atoms with Gasteiger partial charge in [0.05, 0.1) is 6.07 Å². The summed E-state index contributed by atoms with van der Waals surface area (Å²) in [5, 5.41) is 13.1. The van der Waals surface area contributed by atoms with Crippen molar-refractivity contribution >= 4 is 0 Å². The van der Waals surface area contributed by atoms with Crippen molar-refractivity contribution in [3.05, 3.63) is 0 Å². The number of hydrogen-bond acceptors (Lipinski definition) is 4. The number of nitriles is 1. The SMILES string of the molecule is CCN1CCN(CCCC(C#N)(CC)NC2CC2)CC1. The molecule has 1 atom stereocenters. The zero-order valence-corrected chi connectivity index (χ0v) is 13.2. The van der Waals surface area contributed by atoms with Crippen molar-refractivity contribution in [1.29, 1.82) is 5.26 Å². The first kappa shape index (κ1) is 15.8. The van der Waals surface area contributed by atoms with E-state index in [1.165, 1.54) is 45.6 Å². The van der Waals surface area contributed by atoms with Gasteiger partial charge in [0.2, 0.25) is 0 Å². The molecule has 0 aromatic carbocycles. The summed E-state index contributed by atoms with van der Waals surface area (Å²) in [5.74, 6) is 0. The predicted octanol–water partition coefficient (Wildman–Crippen LogP) is 1.83. The average molecular weight is 278 g/mol. The highest BCUT2D eigenvalue weighted by Gasteiger charge is 2.34. The van der Waals surface area contributed by atoms with E-state index in [-0.39, 0.29) is 5.54 Å². The smallest absolute Gasteiger partial charge is 0.106 e. The van der Waals surface area contributed by atoms with E-state index >= 15 is 0 Å². The Bertz CT molecular complexity index is 326. The topological polar surface area (TPSA) is 42.3 Å². The Labute approximate surface area is 124 Å². The van der Waals surface area contributed by atoms with E-state index in [1.807, 2.05) is 0 Å². The standard InChI is InChI=1S/C16H30N4/c1-3-16(14-17,18-15-6-7-15)8-5-9-20-12-10-19(4-2)11-13-20/h15,18H,3-13H2,1-2H3. The lowest BCUT2D eigenvalue weighted by Gasteiger charge is -2.35. The molecule has 0 spiro atoms. The van der Waals surface area contributed by atoms with Crippen molar-refractivity contribution in [3.63, 3.8) is 0 Å². The molecule has 1 saturated heterocycles. The summed E-state index contributed by atoms with van der Waals surface area (Å²) in [6.07, 6.45) is 5.55. The Morgan fingerprint density at radius 3 is 2.30 bits per heavy atom. The van der Waals surface area contributed by atoms with Crippen LogP contribution in [0.2, 0.25) is 0 Å². The molecule has 0 radical (unpaired) electrons. The van der Waals surface area contributed by atoms with Crippen molar-refractivity contribution in [2.24, 2.45) is 0 Å². The molecule has 2 fully saturated rings. The zero-order valence-electron chi connectivity index (χ0n) is 13.2. The van der Waals surface area contributed by atoms with E-state index in [1.54, 1.807) is 0 Å². The molecule has 20 heavy (non-hydrogen) atoms. The summed E-state index contributed by atoms with van der Waals surface area (Å²) in [7, 11) is 0. The zero-order chi connectivity index (χ0) is 14.4. The van der Waals surface area contributed by atoms with Crippen molar-refractivity contribution in [2.45, 2.75) is 57.5 Å². The Hall–Kier alpha value is -0.630. The largest absolute Gasteiger partial charge is 0.301 e. The summed E-state index contributed by atoms with van der Waals surface area (Å²) in [4.78, 5) is 5.07. The van der Waals surface area contributed by atoms with Crippen LogP contribution in [0.3, 0.4) is 0 Å². The minimum absolute atomic E-state index is 0.271. The summed E-state index contributed by atoms with van der Waals surface area (Å²) in [5.41, 5.74) is -0.271. The Kier molecular flexibility index (Phi) is 5.83. The van der Waals surface area contributed by atoms with Gasteiger partial charge < -0.3 is 9.80 Å². The molecule has 114 valence electrons. The third-order valence-corrected chi connectivity index (χ3v) is 4.87. The minimum Gasteiger partial charge on any atom is -0.301 e. The molecule has 1 heterocycles. The molecule has 1 unspecified atom stereocenters. The molecule has 0 aromatic heterocycles. The van der Waals surface area contributed by atoms with Crippen LogP contribution >= 0.6 is 0 Å². The lowest BCUT2D eigenvalue weighted by molar-refractivity contribution is 0.133. The van der Waals surface area contributed by atoms with Crippen molar-refractivity contribution in [2.75, 3.05) is 39.3 Å². The van der Waals surface area contributed by atoms with E-state index in [9.17, 15) is 5.26 Å². The van der Waals surface area contributed by atoms with Gasteiger partial charge >= 0.3 is 0 Å². The van der Waals surface area contributed by atoms with Crippen LogP contribution in [-0.4, -0.2) is 60.6 Å². The fourth-order valence-electron chi connectivity index (χ4n) is 3.07. The molecule has 4 nitrogen and oxygen atoms in total. The highest BCUT2D eigenvalue weighted by molar-refractivity contribution is 5.09. The first-order valence-corrected chi connectivity index (χ1v) is 8.35. The second-order valence-electron chi connectivity index (χ2n) is 6.35. The highest BCUT2D eigenvalue weighted by atomic mass is 15.3. The predicted molar refractivity (Wildman–Crippen MR) is 82.6 cm³/mol. The van der Waals surface area contributed by atoms with E-state index < -0.39 is 0 Å². The Morgan fingerprint density at radius 1 is 1.15 bits per heavy atom. The third-order valence-electron chi connectivity index (χ3n) is 4.87. The van der Waals surface area contributed by atoms with Gasteiger partial charge in [-0.25, -0.2) is 0 Å². The van der Waals surface area contributed by atoms with Crippen LogP contribution < -0.4 is 5.32 Å². The summed E-state index contributed by atoms with van der Waals surface area (Å²) >= 11 is 0. The second-order valence-corrected chi connectivity index (χ2v) is 6.35. The Balaban J connectivity index is 1.69. The molecule has 1 saturated carbocycles. The fourth-order valence-corrected chi connectivity index (χ4v) is 3.07. The fraction of sp³-hybridized carbons (Fsp3) is 0.938. The van der Waals surface area contributed by atoms with Gasteiger partial charge in [0, 0.05) is 32.2 Å². The number of piperazine rings is 1. The van der Waals surface area contributed by atoms with Gasteiger partial charge in [-0.05, 0) is 45.2 Å². The van der Waals surface area contributed by atoms with Crippen molar-refractivity contribution in [1.82, 2.24) is 15.1 Å². The van der Waals surface area contributed by atoms with Crippen molar-refractivity contribution in [3.8, 4) is 6.07 Å². The van der Waals surface area contributed by atoms with E-state index in [2.05, 4.69) is 35.0 Å².